The molecule has 1 aromatic heterocycles. The molecule has 0 aliphatic carbocycles. The molecule has 0 saturated carbocycles. The maximum Gasteiger partial charge on any atom is 0.307 e. The van der Waals surface area contributed by atoms with E-state index in [9.17, 15) is 9.90 Å². The molecule has 8 heteroatoms. The maximum atomic E-state index is 11.3. The van der Waals surface area contributed by atoms with Crippen LogP contribution >= 0.6 is 11.6 Å². The molecular weight excluding hydrogens is 432 g/mol. The molecule has 3 heterocycles. The minimum atomic E-state index is -0.704. The Morgan fingerprint density at radius 2 is 2.22 bits per heavy atom. The van der Waals surface area contributed by atoms with E-state index in [0.717, 1.165) is 48.4 Å². The Morgan fingerprint density at radius 1 is 1.34 bits per heavy atom. The standard InChI is InChI=1S/C24H27ClN2O5/c1-2-30-23-21(25)9-16(11-26-23)14-31-20-6-5-18-8-17(15-32-22(18)10-20)12-27-7-3-4-19(13-27)24(28)29/h5-6,8-11,19H,2-4,7,12-15H2,1H3,(H,28,29)/t19-/m1/s1. The Labute approximate surface area is 192 Å². The third-order valence-electron chi connectivity index (χ3n) is 5.59. The molecule has 0 bridgehead atoms. The highest BCUT2D eigenvalue weighted by molar-refractivity contribution is 6.31. The van der Waals surface area contributed by atoms with Crippen LogP contribution in [0.1, 0.15) is 30.9 Å². The van der Waals surface area contributed by atoms with Crippen molar-refractivity contribution < 1.29 is 24.1 Å². The second kappa shape index (κ2) is 10.2. The number of benzene rings is 1. The zero-order valence-corrected chi connectivity index (χ0v) is 18.8. The normalized spacial score (nSPS) is 18.3. The number of aliphatic carboxylic acids is 1. The van der Waals surface area contributed by atoms with Crippen molar-refractivity contribution in [2.24, 2.45) is 5.92 Å². The van der Waals surface area contributed by atoms with Crippen LogP contribution in [-0.4, -0.2) is 53.8 Å². The van der Waals surface area contributed by atoms with E-state index in [1.54, 1.807) is 12.3 Å². The number of rotatable bonds is 8. The number of pyridine rings is 1. The number of piperidine rings is 1. The van der Waals surface area contributed by atoms with Gasteiger partial charge in [0.2, 0.25) is 5.88 Å². The molecule has 1 N–H and O–H groups in total. The lowest BCUT2D eigenvalue weighted by molar-refractivity contribution is -0.143. The molecule has 0 radical (unpaired) electrons. The Bertz CT molecular complexity index is 1010. The molecule has 0 amide bonds. The highest BCUT2D eigenvalue weighted by Crippen LogP contribution is 2.32. The summed E-state index contributed by atoms with van der Waals surface area (Å²) in [5.74, 6) is 0.916. The molecule has 2 aromatic rings. The second-order valence-electron chi connectivity index (χ2n) is 8.06. The average molecular weight is 459 g/mol. The highest BCUT2D eigenvalue weighted by Gasteiger charge is 2.26. The number of ether oxygens (including phenoxy) is 3. The summed E-state index contributed by atoms with van der Waals surface area (Å²) in [6.45, 7) is 5.46. The fourth-order valence-corrected chi connectivity index (χ4v) is 4.26. The van der Waals surface area contributed by atoms with E-state index in [4.69, 9.17) is 25.8 Å². The molecule has 0 unspecified atom stereocenters. The van der Waals surface area contributed by atoms with Crippen LogP contribution in [0.15, 0.2) is 36.0 Å². The smallest absolute Gasteiger partial charge is 0.307 e. The highest BCUT2D eigenvalue weighted by atomic mass is 35.5. The summed E-state index contributed by atoms with van der Waals surface area (Å²) in [6, 6.07) is 7.56. The number of fused-ring (bicyclic) bond motifs is 1. The van der Waals surface area contributed by atoms with Crippen molar-refractivity contribution in [1.82, 2.24) is 9.88 Å². The van der Waals surface area contributed by atoms with Gasteiger partial charge in [-0.2, -0.15) is 0 Å². The zero-order chi connectivity index (χ0) is 22.5. The summed E-state index contributed by atoms with van der Waals surface area (Å²) in [5.41, 5.74) is 2.99. The SMILES string of the molecule is CCOc1ncc(COc2ccc3c(c2)OCC(CN2CCC[C@@H](C(=O)O)C2)=C3)cc1Cl. The fourth-order valence-electron chi connectivity index (χ4n) is 4.01. The number of likely N-dealkylation sites (tertiary alicyclic amines) is 1. The van der Waals surface area contributed by atoms with Gasteiger partial charge in [-0.15, -0.1) is 0 Å². The van der Waals surface area contributed by atoms with Gasteiger partial charge in [0, 0.05) is 36.5 Å². The van der Waals surface area contributed by atoms with E-state index in [1.165, 1.54) is 0 Å². The van der Waals surface area contributed by atoms with Crippen LogP contribution in [0, 0.1) is 5.92 Å². The number of aromatic nitrogens is 1. The van der Waals surface area contributed by atoms with Crippen LogP contribution in [-0.2, 0) is 11.4 Å². The Morgan fingerprint density at radius 3 is 3.00 bits per heavy atom. The lowest BCUT2D eigenvalue weighted by atomic mass is 9.97. The lowest BCUT2D eigenvalue weighted by Crippen LogP contribution is -2.40. The van der Waals surface area contributed by atoms with Gasteiger partial charge in [0.05, 0.1) is 12.5 Å². The summed E-state index contributed by atoms with van der Waals surface area (Å²) in [4.78, 5) is 17.7. The van der Waals surface area contributed by atoms with Crippen molar-refractivity contribution in [3.8, 4) is 17.4 Å². The van der Waals surface area contributed by atoms with E-state index >= 15 is 0 Å². The number of halogens is 1. The van der Waals surface area contributed by atoms with Gasteiger partial charge >= 0.3 is 5.97 Å². The van der Waals surface area contributed by atoms with Crippen LogP contribution in [0.25, 0.3) is 6.08 Å². The van der Waals surface area contributed by atoms with Crippen molar-refractivity contribution in [3.63, 3.8) is 0 Å². The van der Waals surface area contributed by atoms with E-state index in [1.807, 2.05) is 25.1 Å². The maximum absolute atomic E-state index is 11.3. The van der Waals surface area contributed by atoms with Gasteiger partial charge in [0.25, 0.3) is 0 Å². The monoisotopic (exact) mass is 458 g/mol. The fraction of sp³-hybridized carbons (Fsp3) is 0.417. The van der Waals surface area contributed by atoms with Crippen LogP contribution in [0.2, 0.25) is 5.02 Å². The van der Waals surface area contributed by atoms with Gasteiger partial charge < -0.3 is 19.3 Å². The molecule has 0 spiro atoms. The lowest BCUT2D eigenvalue weighted by Gasteiger charge is -2.32. The first kappa shape index (κ1) is 22.4. The molecule has 1 atom stereocenters. The number of carboxylic acids is 1. The van der Waals surface area contributed by atoms with Gasteiger partial charge in [-0.1, -0.05) is 11.6 Å². The second-order valence-corrected chi connectivity index (χ2v) is 8.46. The van der Waals surface area contributed by atoms with Gasteiger partial charge in [-0.05, 0) is 56.2 Å². The molecule has 1 aromatic carbocycles. The minimum absolute atomic E-state index is 0.277. The van der Waals surface area contributed by atoms with E-state index in [0.29, 0.717) is 43.0 Å². The molecular formula is C24H27ClN2O5. The van der Waals surface area contributed by atoms with E-state index in [2.05, 4.69) is 16.0 Å². The Kier molecular flexibility index (Phi) is 7.17. The molecule has 1 fully saturated rings. The average Bonchev–Trinajstić information content (AvgIpc) is 2.79. The van der Waals surface area contributed by atoms with Crippen LogP contribution in [0.3, 0.4) is 0 Å². The predicted molar refractivity (Wildman–Crippen MR) is 121 cm³/mol. The van der Waals surface area contributed by atoms with Gasteiger partial charge in [-0.25, -0.2) is 4.98 Å². The third kappa shape index (κ3) is 5.53. The summed E-state index contributed by atoms with van der Waals surface area (Å²) >= 11 is 6.19. The van der Waals surface area contributed by atoms with Crippen LogP contribution < -0.4 is 14.2 Å². The van der Waals surface area contributed by atoms with Crippen molar-refractivity contribution in [1.29, 1.82) is 0 Å². The topological polar surface area (TPSA) is 81.1 Å². The number of carboxylic acid groups (broad SMARTS) is 1. The Hall–Kier alpha value is -2.77. The molecule has 4 rings (SSSR count). The quantitative estimate of drug-likeness (QED) is 0.632. The summed E-state index contributed by atoms with van der Waals surface area (Å²) in [5, 5.41) is 9.75. The van der Waals surface area contributed by atoms with Crippen molar-refractivity contribution in [2.75, 3.05) is 32.8 Å². The first-order chi connectivity index (χ1) is 15.5. The van der Waals surface area contributed by atoms with E-state index in [-0.39, 0.29) is 5.92 Å². The van der Waals surface area contributed by atoms with Crippen molar-refractivity contribution >= 4 is 23.6 Å². The minimum Gasteiger partial charge on any atom is -0.489 e. The molecule has 2 aliphatic rings. The van der Waals surface area contributed by atoms with Gasteiger partial charge in [-0.3, -0.25) is 9.69 Å². The third-order valence-corrected chi connectivity index (χ3v) is 5.86. The molecule has 170 valence electrons. The molecule has 2 aliphatic heterocycles. The number of nitrogens with zero attached hydrogens (tertiary/aromatic N) is 2. The van der Waals surface area contributed by atoms with Gasteiger partial charge in [0.1, 0.15) is 29.7 Å². The first-order valence-electron chi connectivity index (χ1n) is 10.8. The first-order valence-corrected chi connectivity index (χ1v) is 11.2. The van der Waals surface area contributed by atoms with Crippen LogP contribution in [0.4, 0.5) is 0 Å². The van der Waals surface area contributed by atoms with Crippen molar-refractivity contribution in [2.45, 2.75) is 26.4 Å². The number of hydrogen-bond donors (Lipinski definition) is 1. The molecule has 7 nitrogen and oxygen atoms in total. The summed E-state index contributed by atoms with van der Waals surface area (Å²) in [6.07, 6.45) is 5.49. The number of carbonyl (C=O) groups is 1. The van der Waals surface area contributed by atoms with E-state index < -0.39 is 5.97 Å². The molecule has 1 saturated heterocycles. The molecule has 32 heavy (non-hydrogen) atoms. The van der Waals surface area contributed by atoms with Crippen molar-refractivity contribution in [3.05, 3.63) is 52.2 Å². The predicted octanol–water partition coefficient (Wildman–Crippen LogP) is 4.29. The summed E-state index contributed by atoms with van der Waals surface area (Å²) in [7, 11) is 0. The summed E-state index contributed by atoms with van der Waals surface area (Å²) < 4.78 is 17.2. The zero-order valence-electron chi connectivity index (χ0n) is 18.1. The van der Waals surface area contributed by atoms with Gasteiger partial charge in [0.15, 0.2) is 0 Å². The Balaban J connectivity index is 1.36. The van der Waals surface area contributed by atoms with Crippen LogP contribution in [0.5, 0.6) is 17.4 Å². The largest absolute Gasteiger partial charge is 0.489 e. The number of hydrogen-bond acceptors (Lipinski definition) is 6.